The molecule has 24 heavy (non-hydrogen) atoms. The van der Waals surface area contributed by atoms with Gasteiger partial charge in [0.2, 0.25) is 0 Å². The van der Waals surface area contributed by atoms with E-state index in [0.717, 1.165) is 44.2 Å². The van der Waals surface area contributed by atoms with Gasteiger partial charge in [0.1, 0.15) is 10.7 Å². The third-order valence-electron chi connectivity index (χ3n) is 4.03. The van der Waals surface area contributed by atoms with Crippen molar-refractivity contribution in [2.24, 2.45) is 5.73 Å². The van der Waals surface area contributed by atoms with Crippen LogP contribution in [0.5, 0.6) is 0 Å². The minimum absolute atomic E-state index is 0. The largest absolute Gasteiger partial charge is 0.375 e. The van der Waals surface area contributed by atoms with Crippen molar-refractivity contribution in [3.63, 3.8) is 0 Å². The SMILES string of the molecule is CCN(CC)CCOC1CCN(C(=O)c2csc(CN)n2)C1.Cl.Cl. The van der Waals surface area contributed by atoms with E-state index >= 15 is 0 Å². The summed E-state index contributed by atoms with van der Waals surface area (Å²) in [6.07, 6.45) is 1.05. The maximum atomic E-state index is 12.4. The Labute approximate surface area is 160 Å². The Morgan fingerprint density at radius 3 is 2.75 bits per heavy atom. The van der Waals surface area contributed by atoms with E-state index in [-0.39, 0.29) is 36.8 Å². The number of carbonyl (C=O) groups excluding carboxylic acids is 1. The molecule has 2 heterocycles. The Morgan fingerprint density at radius 2 is 2.17 bits per heavy atom. The van der Waals surface area contributed by atoms with Crippen LogP contribution in [0.3, 0.4) is 0 Å². The number of rotatable bonds is 8. The lowest BCUT2D eigenvalue weighted by atomic mass is 10.3. The Kier molecular flexibility index (Phi) is 11.8. The van der Waals surface area contributed by atoms with Crippen molar-refractivity contribution in [2.45, 2.75) is 32.9 Å². The van der Waals surface area contributed by atoms with Crippen LogP contribution in [0.15, 0.2) is 5.38 Å². The number of aromatic nitrogens is 1. The minimum atomic E-state index is -0.00853. The molecule has 0 spiro atoms. The molecule has 2 N–H and O–H groups in total. The zero-order valence-electron chi connectivity index (χ0n) is 14.3. The van der Waals surface area contributed by atoms with Gasteiger partial charge in [0.05, 0.1) is 12.7 Å². The number of nitrogens with zero attached hydrogens (tertiary/aromatic N) is 3. The van der Waals surface area contributed by atoms with E-state index in [1.165, 1.54) is 11.3 Å². The standard InChI is InChI=1S/C15H26N4O2S.2ClH/c1-3-18(4-2)7-8-21-12-5-6-19(10-12)15(20)13-11-22-14(9-16)17-13;;/h11-12H,3-10,16H2,1-2H3;2*1H. The molecule has 0 aromatic carbocycles. The number of likely N-dealkylation sites (tertiary alicyclic amines) is 1. The predicted octanol–water partition coefficient (Wildman–Crippen LogP) is 2.02. The number of hydrogen-bond acceptors (Lipinski definition) is 6. The van der Waals surface area contributed by atoms with Gasteiger partial charge in [0.25, 0.3) is 5.91 Å². The molecule has 1 aliphatic heterocycles. The van der Waals surface area contributed by atoms with E-state index in [9.17, 15) is 4.79 Å². The molecular weight excluding hydrogens is 371 g/mol. The average Bonchev–Trinajstić information content (AvgIpc) is 3.20. The van der Waals surface area contributed by atoms with Gasteiger partial charge in [-0.3, -0.25) is 4.79 Å². The lowest BCUT2D eigenvalue weighted by molar-refractivity contribution is 0.0419. The van der Waals surface area contributed by atoms with Crippen LogP contribution < -0.4 is 5.73 Å². The van der Waals surface area contributed by atoms with Gasteiger partial charge in [-0.15, -0.1) is 36.2 Å². The van der Waals surface area contributed by atoms with Crippen molar-refractivity contribution in [2.75, 3.05) is 39.3 Å². The van der Waals surface area contributed by atoms with Crippen LogP contribution in [-0.4, -0.2) is 66.1 Å². The third-order valence-corrected chi connectivity index (χ3v) is 4.90. The summed E-state index contributed by atoms with van der Waals surface area (Å²) >= 11 is 1.44. The number of ether oxygens (including phenoxy) is 1. The molecule has 0 saturated carbocycles. The average molecular weight is 399 g/mol. The number of thiazole rings is 1. The normalized spacial score (nSPS) is 16.8. The molecule has 1 atom stereocenters. The summed E-state index contributed by atoms with van der Waals surface area (Å²) in [5, 5.41) is 2.59. The van der Waals surface area contributed by atoms with Gasteiger partial charge in [0, 0.05) is 31.6 Å². The summed E-state index contributed by atoms with van der Waals surface area (Å²) < 4.78 is 5.91. The highest BCUT2D eigenvalue weighted by molar-refractivity contribution is 7.09. The van der Waals surface area contributed by atoms with Gasteiger partial charge in [0.15, 0.2) is 0 Å². The molecular formula is C15H28Cl2N4O2S. The summed E-state index contributed by atoms with van der Waals surface area (Å²) in [5.41, 5.74) is 6.05. The molecule has 6 nitrogen and oxygen atoms in total. The maximum absolute atomic E-state index is 12.4. The van der Waals surface area contributed by atoms with Crippen molar-refractivity contribution in [1.82, 2.24) is 14.8 Å². The highest BCUT2D eigenvalue weighted by Crippen LogP contribution is 2.17. The molecule has 9 heteroatoms. The quantitative estimate of drug-likeness (QED) is 0.724. The van der Waals surface area contributed by atoms with E-state index in [2.05, 4.69) is 23.7 Å². The van der Waals surface area contributed by atoms with Gasteiger partial charge in [-0.05, 0) is 19.5 Å². The van der Waals surface area contributed by atoms with Gasteiger partial charge in [-0.1, -0.05) is 13.8 Å². The van der Waals surface area contributed by atoms with Crippen LogP contribution in [0, 0.1) is 0 Å². The maximum Gasteiger partial charge on any atom is 0.273 e. The van der Waals surface area contributed by atoms with Crippen LogP contribution in [-0.2, 0) is 11.3 Å². The monoisotopic (exact) mass is 398 g/mol. The summed E-state index contributed by atoms with van der Waals surface area (Å²) in [7, 11) is 0. The van der Waals surface area contributed by atoms with Crippen LogP contribution in [0.2, 0.25) is 0 Å². The number of carbonyl (C=O) groups is 1. The summed E-state index contributed by atoms with van der Waals surface area (Å²) in [5.74, 6) is -0.00853. The first-order valence-electron chi connectivity index (χ1n) is 7.95. The van der Waals surface area contributed by atoms with E-state index in [1.807, 2.05) is 4.90 Å². The minimum Gasteiger partial charge on any atom is -0.375 e. The Bertz CT molecular complexity index is 486. The number of amides is 1. The van der Waals surface area contributed by atoms with Crippen molar-refractivity contribution in [3.05, 3.63) is 16.1 Å². The van der Waals surface area contributed by atoms with E-state index < -0.39 is 0 Å². The second kappa shape index (κ2) is 12.0. The molecule has 2 rings (SSSR count). The molecule has 1 unspecified atom stereocenters. The van der Waals surface area contributed by atoms with Crippen molar-refractivity contribution in [1.29, 1.82) is 0 Å². The van der Waals surface area contributed by atoms with E-state index in [1.54, 1.807) is 5.38 Å². The van der Waals surface area contributed by atoms with E-state index in [4.69, 9.17) is 10.5 Å². The fourth-order valence-corrected chi connectivity index (χ4v) is 3.25. The van der Waals surface area contributed by atoms with E-state index in [0.29, 0.717) is 18.8 Å². The third kappa shape index (κ3) is 6.46. The Hall–Kier alpha value is -0.440. The highest BCUT2D eigenvalue weighted by Gasteiger charge is 2.28. The first-order chi connectivity index (χ1) is 10.7. The predicted molar refractivity (Wildman–Crippen MR) is 103 cm³/mol. The van der Waals surface area contributed by atoms with Crippen LogP contribution in [0.4, 0.5) is 0 Å². The molecule has 1 aromatic rings. The van der Waals surface area contributed by atoms with Crippen molar-refractivity contribution in [3.8, 4) is 0 Å². The number of likely N-dealkylation sites (N-methyl/N-ethyl adjacent to an activating group) is 1. The zero-order valence-corrected chi connectivity index (χ0v) is 16.7. The molecule has 140 valence electrons. The summed E-state index contributed by atoms with van der Waals surface area (Å²) in [6, 6.07) is 0. The zero-order chi connectivity index (χ0) is 15.9. The van der Waals surface area contributed by atoms with Gasteiger partial charge in [-0.2, -0.15) is 0 Å². The molecule has 0 radical (unpaired) electrons. The first kappa shape index (κ1) is 23.6. The summed E-state index contributed by atoms with van der Waals surface area (Å²) in [6.45, 7) is 9.86. The van der Waals surface area contributed by atoms with Crippen molar-refractivity contribution >= 4 is 42.1 Å². The highest BCUT2D eigenvalue weighted by atomic mass is 35.5. The first-order valence-corrected chi connectivity index (χ1v) is 8.83. The summed E-state index contributed by atoms with van der Waals surface area (Å²) in [4.78, 5) is 20.8. The van der Waals surface area contributed by atoms with Crippen LogP contribution in [0.1, 0.15) is 35.8 Å². The van der Waals surface area contributed by atoms with Gasteiger partial charge < -0.3 is 20.3 Å². The second-order valence-electron chi connectivity index (χ2n) is 5.39. The van der Waals surface area contributed by atoms with Crippen molar-refractivity contribution < 1.29 is 9.53 Å². The molecule has 0 aliphatic carbocycles. The van der Waals surface area contributed by atoms with Gasteiger partial charge >= 0.3 is 0 Å². The lowest BCUT2D eigenvalue weighted by Crippen LogP contribution is -2.32. The molecule has 1 saturated heterocycles. The van der Waals surface area contributed by atoms with Crippen LogP contribution >= 0.6 is 36.2 Å². The lowest BCUT2D eigenvalue weighted by Gasteiger charge is -2.20. The fraction of sp³-hybridized carbons (Fsp3) is 0.733. The smallest absolute Gasteiger partial charge is 0.273 e. The molecule has 1 aromatic heterocycles. The molecule has 1 fully saturated rings. The molecule has 1 aliphatic rings. The fourth-order valence-electron chi connectivity index (χ4n) is 2.60. The van der Waals surface area contributed by atoms with Gasteiger partial charge in [-0.25, -0.2) is 4.98 Å². The Morgan fingerprint density at radius 1 is 1.46 bits per heavy atom. The van der Waals surface area contributed by atoms with Crippen LogP contribution in [0.25, 0.3) is 0 Å². The number of halogens is 2. The number of hydrogen-bond donors (Lipinski definition) is 1. The topological polar surface area (TPSA) is 71.7 Å². The number of nitrogens with two attached hydrogens (primary N) is 1. The molecule has 1 amide bonds. The molecule has 0 bridgehead atoms. The Balaban J connectivity index is 0.00000264. The second-order valence-corrected chi connectivity index (χ2v) is 6.33.